The number of nitrogens with zero attached hydrogens (tertiary/aromatic N) is 5. The molecule has 10 heteroatoms. The second kappa shape index (κ2) is 10.5. The number of anilines is 3. The zero-order valence-electron chi connectivity index (χ0n) is 19.6. The van der Waals surface area contributed by atoms with Crippen molar-refractivity contribution in [3.05, 3.63) is 60.2 Å². The molecule has 0 radical (unpaired) electrons. The lowest BCUT2D eigenvalue weighted by molar-refractivity contribution is -0.117. The van der Waals surface area contributed by atoms with Crippen LogP contribution in [-0.2, 0) is 20.9 Å². The molecule has 182 valence electrons. The molecule has 1 saturated heterocycles. The largest absolute Gasteiger partial charge is 0.378 e. The molecule has 3 aromatic rings. The molecule has 5 rings (SSSR count). The Kier molecular flexibility index (Phi) is 7.01. The summed E-state index contributed by atoms with van der Waals surface area (Å²) in [6.07, 6.45) is 0.246. The van der Waals surface area contributed by atoms with Gasteiger partial charge in [0.05, 0.1) is 36.9 Å². The Hall–Kier alpha value is -3.37. The monoisotopic (exact) mass is 492 g/mol. The molecule has 1 atom stereocenters. The van der Waals surface area contributed by atoms with E-state index in [9.17, 15) is 9.59 Å². The number of rotatable bonds is 6. The Morgan fingerprint density at radius 1 is 1.09 bits per heavy atom. The molecule has 1 N–H and O–H groups in total. The normalized spacial score (nSPS) is 18.1. The lowest BCUT2D eigenvalue weighted by Crippen LogP contribution is -2.40. The first-order valence-corrected chi connectivity index (χ1v) is 12.7. The van der Waals surface area contributed by atoms with Crippen LogP contribution < -0.4 is 15.1 Å². The van der Waals surface area contributed by atoms with Crippen molar-refractivity contribution < 1.29 is 14.3 Å². The van der Waals surface area contributed by atoms with Crippen molar-refractivity contribution in [3.8, 4) is 0 Å². The van der Waals surface area contributed by atoms with Crippen LogP contribution in [0.3, 0.4) is 0 Å². The Morgan fingerprint density at radius 2 is 1.83 bits per heavy atom. The maximum Gasteiger partial charge on any atom is 0.237 e. The predicted octanol–water partition coefficient (Wildman–Crippen LogP) is 3.02. The standard InChI is InChI=1S/C25H28N6O3S/c1-18-15-22(32)26-20-9-5-6-10-21(20)31(18)23(33)17-35-25-28-27-24(29-11-13-34-14-12-29)30(25)16-19-7-3-2-4-8-19/h2-10,18H,11-17H2,1H3,(H,26,32)/t18-/m0/s1. The summed E-state index contributed by atoms with van der Waals surface area (Å²) in [5.41, 5.74) is 2.51. The minimum Gasteiger partial charge on any atom is -0.378 e. The van der Waals surface area contributed by atoms with Gasteiger partial charge in [0, 0.05) is 25.6 Å². The van der Waals surface area contributed by atoms with E-state index in [1.165, 1.54) is 11.8 Å². The molecule has 2 aromatic carbocycles. The lowest BCUT2D eigenvalue weighted by Gasteiger charge is -2.28. The fourth-order valence-corrected chi connectivity index (χ4v) is 5.25. The van der Waals surface area contributed by atoms with E-state index in [2.05, 4.69) is 37.1 Å². The van der Waals surface area contributed by atoms with Crippen LogP contribution >= 0.6 is 11.8 Å². The van der Waals surface area contributed by atoms with Crippen molar-refractivity contribution in [2.24, 2.45) is 0 Å². The van der Waals surface area contributed by atoms with Crippen LogP contribution in [0.4, 0.5) is 17.3 Å². The smallest absolute Gasteiger partial charge is 0.237 e. The Labute approximate surface area is 208 Å². The Bertz CT molecular complexity index is 1190. The van der Waals surface area contributed by atoms with Gasteiger partial charge in [0.2, 0.25) is 17.8 Å². The number of hydrogen-bond donors (Lipinski definition) is 1. The average molecular weight is 493 g/mol. The minimum atomic E-state index is -0.252. The topological polar surface area (TPSA) is 92.6 Å². The van der Waals surface area contributed by atoms with E-state index < -0.39 is 0 Å². The summed E-state index contributed by atoms with van der Waals surface area (Å²) < 4.78 is 7.58. The number of morpholine rings is 1. The van der Waals surface area contributed by atoms with Crippen LogP contribution in [0.2, 0.25) is 0 Å². The minimum absolute atomic E-state index is 0.0753. The number of thioether (sulfide) groups is 1. The van der Waals surface area contributed by atoms with E-state index in [0.717, 1.165) is 30.3 Å². The van der Waals surface area contributed by atoms with Gasteiger partial charge < -0.3 is 19.9 Å². The third kappa shape index (κ3) is 5.18. The maximum absolute atomic E-state index is 13.5. The van der Waals surface area contributed by atoms with E-state index >= 15 is 0 Å². The highest BCUT2D eigenvalue weighted by molar-refractivity contribution is 7.99. The van der Waals surface area contributed by atoms with Gasteiger partial charge in [-0.2, -0.15) is 0 Å². The molecule has 35 heavy (non-hydrogen) atoms. The second-order valence-electron chi connectivity index (χ2n) is 8.62. The molecular weight excluding hydrogens is 464 g/mol. The van der Waals surface area contributed by atoms with Gasteiger partial charge in [-0.15, -0.1) is 10.2 Å². The molecule has 2 amide bonds. The third-order valence-corrected chi connectivity index (χ3v) is 7.08. The molecule has 0 aliphatic carbocycles. The number of amides is 2. The van der Waals surface area contributed by atoms with Crippen LogP contribution in [0.25, 0.3) is 0 Å². The summed E-state index contributed by atoms with van der Waals surface area (Å²) >= 11 is 1.37. The van der Waals surface area contributed by atoms with Gasteiger partial charge in [-0.1, -0.05) is 54.2 Å². The van der Waals surface area contributed by atoms with Crippen LogP contribution in [-0.4, -0.2) is 64.7 Å². The first kappa shape index (κ1) is 23.4. The first-order chi connectivity index (χ1) is 17.1. The number of benzene rings is 2. The van der Waals surface area contributed by atoms with Gasteiger partial charge in [-0.05, 0) is 24.6 Å². The SMILES string of the molecule is C[C@H]1CC(=O)Nc2ccccc2N1C(=O)CSc1nnc(N2CCOCC2)n1Cc1ccccc1. The molecule has 2 aliphatic heterocycles. The summed E-state index contributed by atoms with van der Waals surface area (Å²) in [5, 5.41) is 12.5. The number of para-hydroxylation sites is 2. The molecule has 1 fully saturated rings. The molecule has 0 spiro atoms. The molecular formula is C25H28N6O3S. The zero-order valence-corrected chi connectivity index (χ0v) is 20.4. The van der Waals surface area contributed by atoms with Crippen molar-refractivity contribution in [1.29, 1.82) is 0 Å². The highest BCUT2D eigenvalue weighted by atomic mass is 32.2. The highest BCUT2D eigenvalue weighted by Gasteiger charge is 2.30. The Balaban J connectivity index is 1.38. The van der Waals surface area contributed by atoms with Crippen LogP contribution in [0.15, 0.2) is 59.8 Å². The molecule has 0 unspecified atom stereocenters. The Morgan fingerprint density at radius 3 is 2.63 bits per heavy atom. The molecule has 3 heterocycles. The van der Waals surface area contributed by atoms with Gasteiger partial charge in [0.1, 0.15) is 0 Å². The van der Waals surface area contributed by atoms with Crippen molar-refractivity contribution in [2.75, 3.05) is 47.2 Å². The summed E-state index contributed by atoms with van der Waals surface area (Å²) in [5.74, 6) is 0.804. The van der Waals surface area contributed by atoms with Gasteiger partial charge in [-0.3, -0.25) is 14.2 Å². The van der Waals surface area contributed by atoms with Crippen LogP contribution in [0, 0.1) is 0 Å². The number of ether oxygens (including phenoxy) is 1. The maximum atomic E-state index is 13.5. The lowest BCUT2D eigenvalue weighted by atomic mass is 10.2. The van der Waals surface area contributed by atoms with E-state index in [4.69, 9.17) is 4.74 Å². The molecule has 0 saturated carbocycles. The molecule has 9 nitrogen and oxygen atoms in total. The van der Waals surface area contributed by atoms with Crippen LogP contribution in [0.1, 0.15) is 18.9 Å². The van der Waals surface area contributed by atoms with E-state index in [1.807, 2.05) is 49.4 Å². The number of aromatic nitrogens is 3. The molecule has 0 bridgehead atoms. The van der Waals surface area contributed by atoms with Gasteiger partial charge in [-0.25, -0.2) is 0 Å². The zero-order chi connectivity index (χ0) is 24.2. The first-order valence-electron chi connectivity index (χ1n) is 11.7. The number of carbonyl (C=O) groups excluding carboxylic acids is 2. The average Bonchev–Trinajstić information content (AvgIpc) is 3.21. The third-order valence-electron chi connectivity index (χ3n) is 6.13. The second-order valence-corrected chi connectivity index (χ2v) is 9.57. The predicted molar refractivity (Wildman–Crippen MR) is 136 cm³/mol. The van der Waals surface area contributed by atoms with Crippen LogP contribution in [0.5, 0.6) is 0 Å². The summed E-state index contributed by atoms with van der Waals surface area (Å²) in [4.78, 5) is 29.6. The number of nitrogens with one attached hydrogen (secondary N) is 1. The number of hydrogen-bond acceptors (Lipinski definition) is 7. The summed E-state index contributed by atoms with van der Waals surface area (Å²) in [7, 11) is 0. The van der Waals surface area contributed by atoms with E-state index in [-0.39, 0.29) is 30.0 Å². The van der Waals surface area contributed by atoms with Crippen molar-refractivity contribution in [3.63, 3.8) is 0 Å². The fourth-order valence-electron chi connectivity index (χ4n) is 4.45. The van der Waals surface area contributed by atoms with Gasteiger partial charge in [0.25, 0.3) is 0 Å². The summed E-state index contributed by atoms with van der Waals surface area (Å²) in [6.45, 7) is 5.31. The van der Waals surface area contributed by atoms with Crippen molar-refractivity contribution >= 4 is 40.9 Å². The molecule has 1 aromatic heterocycles. The summed E-state index contributed by atoms with van der Waals surface area (Å²) in [6, 6.07) is 17.3. The quantitative estimate of drug-likeness (QED) is 0.529. The van der Waals surface area contributed by atoms with E-state index in [0.29, 0.717) is 30.6 Å². The number of carbonyl (C=O) groups is 2. The number of fused-ring (bicyclic) bond motifs is 1. The molecule has 2 aliphatic rings. The fraction of sp³-hybridized carbons (Fsp3) is 0.360. The van der Waals surface area contributed by atoms with Crippen molar-refractivity contribution in [1.82, 2.24) is 14.8 Å². The van der Waals surface area contributed by atoms with Gasteiger partial charge >= 0.3 is 0 Å². The van der Waals surface area contributed by atoms with Crippen molar-refractivity contribution in [2.45, 2.75) is 31.1 Å². The highest BCUT2D eigenvalue weighted by Crippen LogP contribution is 2.32. The van der Waals surface area contributed by atoms with E-state index in [1.54, 1.807) is 4.90 Å². The van der Waals surface area contributed by atoms with Gasteiger partial charge in [0.15, 0.2) is 5.16 Å².